The molecule has 1 atom stereocenters. The van der Waals surface area contributed by atoms with E-state index in [9.17, 15) is 4.79 Å². The van der Waals surface area contributed by atoms with Crippen molar-refractivity contribution in [2.45, 2.75) is 51.0 Å². The Kier molecular flexibility index (Phi) is 3.53. The zero-order chi connectivity index (χ0) is 14.9. The van der Waals surface area contributed by atoms with Gasteiger partial charge in [-0.05, 0) is 18.1 Å². The number of hydrogen-bond donors (Lipinski definition) is 0. The summed E-state index contributed by atoms with van der Waals surface area (Å²) in [6.45, 7) is 0. The number of pyridine rings is 1. The van der Waals surface area contributed by atoms with E-state index >= 15 is 0 Å². The second-order valence-corrected chi connectivity index (χ2v) is 6.59. The normalized spacial score (nSPS) is 20.6. The number of imidazole rings is 1. The van der Waals surface area contributed by atoms with E-state index in [0.29, 0.717) is 18.1 Å². The van der Waals surface area contributed by atoms with Crippen molar-refractivity contribution in [3.05, 3.63) is 36.5 Å². The molecule has 1 unspecified atom stereocenters. The van der Waals surface area contributed by atoms with Crippen LogP contribution in [0.3, 0.4) is 0 Å². The van der Waals surface area contributed by atoms with E-state index in [2.05, 4.69) is 20.6 Å². The second-order valence-electron chi connectivity index (χ2n) is 6.59. The fourth-order valence-electron chi connectivity index (χ4n) is 4.00. The quantitative estimate of drug-likeness (QED) is 0.862. The van der Waals surface area contributed by atoms with E-state index < -0.39 is 0 Å². The Morgan fingerprint density at radius 1 is 1.23 bits per heavy atom. The number of aromatic nitrogens is 3. The van der Waals surface area contributed by atoms with Crippen LogP contribution in [0.2, 0.25) is 0 Å². The lowest BCUT2D eigenvalue weighted by atomic mass is 9.85. The Morgan fingerprint density at radius 3 is 2.95 bits per heavy atom. The molecule has 0 spiro atoms. The summed E-state index contributed by atoms with van der Waals surface area (Å²) >= 11 is 0. The van der Waals surface area contributed by atoms with Crippen LogP contribution in [0.4, 0.5) is 0 Å². The van der Waals surface area contributed by atoms with Gasteiger partial charge < -0.3 is 4.57 Å². The van der Waals surface area contributed by atoms with Gasteiger partial charge in [-0.15, -0.1) is 0 Å². The highest BCUT2D eigenvalue weighted by Crippen LogP contribution is 2.40. The molecule has 3 heterocycles. The molecule has 4 heteroatoms. The number of carbonyl (C=O) groups excluding carboxylic acids is 1. The van der Waals surface area contributed by atoms with E-state index in [4.69, 9.17) is 0 Å². The Hall–Kier alpha value is -1.97. The largest absolute Gasteiger partial charge is 0.321 e. The minimum atomic E-state index is 0.0322. The van der Waals surface area contributed by atoms with Crippen LogP contribution >= 0.6 is 0 Å². The Labute approximate surface area is 130 Å². The highest BCUT2D eigenvalue weighted by atomic mass is 16.1. The van der Waals surface area contributed by atoms with Crippen molar-refractivity contribution in [2.24, 2.45) is 5.92 Å². The number of nitrogens with zero attached hydrogens (tertiary/aromatic N) is 3. The van der Waals surface area contributed by atoms with Gasteiger partial charge in [-0.1, -0.05) is 32.1 Å². The lowest BCUT2D eigenvalue weighted by Crippen LogP contribution is -2.16. The minimum Gasteiger partial charge on any atom is -0.321 e. The van der Waals surface area contributed by atoms with E-state index in [1.165, 1.54) is 32.1 Å². The number of carbonyl (C=O) groups is 1. The molecule has 1 saturated carbocycles. The summed E-state index contributed by atoms with van der Waals surface area (Å²) in [6, 6.07) is 4.05. The van der Waals surface area contributed by atoms with Crippen LogP contribution in [0.15, 0.2) is 30.9 Å². The Morgan fingerprint density at radius 2 is 2.09 bits per heavy atom. The molecule has 4 rings (SSSR count). The van der Waals surface area contributed by atoms with Crippen LogP contribution in [-0.4, -0.2) is 20.3 Å². The van der Waals surface area contributed by atoms with Gasteiger partial charge in [0.25, 0.3) is 0 Å². The zero-order valence-corrected chi connectivity index (χ0v) is 12.7. The van der Waals surface area contributed by atoms with Crippen LogP contribution in [0.1, 0.15) is 56.7 Å². The molecular formula is C18H21N3O. The highest BCUT2D eigenvalue weighted by molar-refractivity contribution is 5.81. The molecule has 0 saturated heterocycles. The number of hydrogen-bond acceptors (Lipinski definition) is 3. The third-order valence-corrected chi connectivity index (χ3v) is 5.09. The fourth-order valence-corrected chi connectivity index (χ4v) is 4.00. The first-order chi connectivity index (χ1) is 10.8. The van der Waals surface area contributed by atoms with Crippen molar-refractivity contribution in [2.75, 3.05) is 0 Å². The average molecular weight is 295 g/mol. The molecule has 0 N–H and O–H groups in total. The topological polar surface area (TPSA) is 47.8 Å². The molecule has 1 aliphatic carbocycles. The van der Waals surface area contributed by atoms with E-state index in [1.54, 1.807) is 0 Å². The van der Waals surface area contributed by atoms with Gasteiger partial charge >= 0.3 is 0 Å². The monoisotopic (exact) mass is 295 g/mol. The maximum absolute atomic E-state index is 12.5. The first-order valence-corrected chi connectivity index (χ1v) is 8.32. The molecule has 2 aromatic heterocycles. The van der Waals surface area contributed by atoms with E-state index in [1.807, 2.05) is 24.8 Å². The molecule has 0 bridgehead atoms. The first-order valence-electron chi connectivity index (χ1n) is 8.32. The number of rotatable bonds is 4. The summed E-state index contributed by atoms with van der Waals surface area (Å²) in [5.41, 5.74) is 3.23. The number of fused-ring (bicyclic) bond motifs is 3. The van der Waals surface area contributed by atoms with Crippen molar-refractivity contribution >= 4 is 5.78 Å². The van der Waals surface area contributed by atoms with Crippen molar-refractivity contribution in [3.8, 4) is 11.3 Å². The summed E-state index contributed by atoms with van der Waals surface area (Å²) in [4.78, 5) is 21.3. The van der Waals surface area contributed by atoms with Gasteiger partial charge in [0, 0.05) is 24.6 Å². The predicted octanol–water partition coefficient (Wildman–Crippen LogP) is 3.78. The maximum Gasteiger partial charge on any atom is 0.135 e. The van der Waals surface area contributed by atoms with Crippen LogP contribution in [-0.2, 0) is 4.79 Å². The lowest BCUT2D eigenvalue weighted by Gasteiger charge is -2.21. The molecule has 114 valence electrons. The Balaban J connectivity index is 1.52. The summed E-state index contributed by atoms with van der Waals surface area (Å²) in [5.74, 6) is 0.975. The second kappa shape index (κ2) is 5.67. The minimum absolute atomic E-state index is 0.0322. The van der Waals surface area contributed by atoms with Gasteiger partial charge in [-0.25, -0.2) is 4.98 Å². The smallest absolute Gasteiger partial charge is 0.135 e. The summed E-state index contributed by atoms with van der Waals surface area (Å²) < 4.78 is 2.11. The summed E-state index contributed by atoms with van der Waals surface area (Å²) in [7, 11) is 0. The van der Waals surface area contributed by atoms with Gasteiger partial charge in [0.1, 0.15) is 5.78 Å². The molecule has 1 aliphatic heterocycles. The van der Waals surface area contributed by atoms with Crippen molar-refractivity contribution in [1.82, 2.24) is 14.5 Å². The zero-order valence-electron chi connectivity index (χ0n) is 12.7. The third kappa shape index (κ3) is 2.36. The SMILES string of the molecule is O=C(CC1CCCCC1)CC1c2ncccc2-c2cncn21. The standard InChI is InChI=1S/C18H21N3O/c22-14(9-13-5-2-1-3-6-13)10-16-18-15(7-4-8-20-18)17-11-19-12-21(16)17/h4,7-8,11-13,16H,1-3,5-6,9-10H2. The van der Waals surface area contributed by atoms with Gasteiger partial charge in [0.05, 0.1) is 30.0 Å². The molecule has 0 amide bonds. The highest BCUT2D eigenvalue weighted by Gasteiger charge is 2.31. The number of Topliss-reactive ketones (excluding diaryl/α,β-unsaturated/α-hetero) is 1. The molecule has 2 aliphatic rings. The third-order valence-electron chi connectivity index (χ3n) is 5.09. The average Bonchev–Trinajstić information content (AvgIpc) is 3.12. The molecule has 4 nitrogen and oxygen atoms in total. The van der Waals surface area contributed by atoms with E-state index in [-0.39, 0.29) is 6.04 Å². The summed E-state index contributed by atoms with van der Waals surface area (Å²) in [6.07, 6.45) is 13.2. The van der Waals surface area contributed by atoms with Crippen LogP contribution in [0.5, 0.6) is 0 Å². The molecule has 0 aromatic carbocycles. The van der Waals surface area contributed by atoms with Crippen LogP contribution in [0, 0.1) is 5.92 Å². The fraction of sp³-hybridized carbons (Fsp3) is 0.500. The van der Waals surface area contributed by atoms with Gasteiger partial charge in [0.15, 0.2) is 0 Å². The van der Waals surface area contributed by atoms with Gasteiger partial charge in [-0.3, -0.25) is 9.78 Å². The molecular weight excluding hydrogens is 274 g/mol. The summed E-state index contributed by atoms with van der Waals surface area (Å²) in [5, 5.41) is 0. The Bertz CT molecular complexity index is 685. The van der Waals surface area contributed by atoms with Crippen molar-refractivity contribution in [3.63, 3.8) is 0 Å². The molecule has 1 fully saturated rings. The molecule has 22 heavy (non-hydrogen) atoms. The van der Waals surface area contributed by atoms with Crippen molar-refractivity contribution < 1.29 is 4.79 Å². The predicted molar refractivity (Wildman–Crippen MR) is 84.4 cm³/mol. The van der Waals surface area contributed by atoms with Crippen molar-refractivity contribution in [1.29, 1.82) is 0 Å². The maximum atomic E-state index is 12.5. The molecule has 0 radical (unpaired) electrons. The van der Waals surface area contributed by atoms with Crippen LogP contribution < -0.4 is 0 Å². The van der Waals surface area contributed by atoms with E-state index in [0.717, 1.165) is 23.4 Å². The number of ketones is 1. The molecule has 2 aromatic rings. The first kappa shape index (κ1) is 13.7. The van der Waals surface area contributed by atoms with Gasteiger partial charge in [0.2, 0.25) is 0 Å². The lowest BCUT2D eigenvalue weighted by molar-refractivity contribution is -0.120. The van der Waals surface area contributed by atoms with Crippen LogP contribution in [0.25, 0.3) is 11.3 Å². The van der Waals surface area contributed by atoms with Gasteiger partial charge in [-0.2, -0.15) is 0 Å².